The zero-order chi connectivity index (χ0) is 12.6. The lowest BCUT2D eigenvalue weighted by Crippen LogP contribution is -2.12. The standard InChI is InChI=1S/C9H7F3N2O3/c10-9(11,12)6-3-13-4-7(14(15)16)8(6)17-5-1-2-5/h3-5H,1-2H2. The van der Waals surface area contributed by atoms with E-state index in [2.05, 4.69) is 4.98 Å². The van der Waals surface area contributed by atoms with E-state index in [1.807, 2.05) is 0 Å². The Bertz CT molecular complexity index is 457. The van der Waals surface area contributed by atoms with Crippen LogP contribution in [0.1, 0.15) is 18.4 Å². The fourth-order valence-corrected chi connectivity index (χ4v) is 1.25. The van der Waals surface area contributed by atoms with Crippen molar-refractivity contribution in [3.63, 3.8) is 0 Å². The summed E-state index contributed by atoms with van der Waals surface area (Å²) in [5.74, 6) is -0.736. The van der Waals surface area contributed by atoms with E-state index in [1.54, 1.807) is 0 Å². The molecular formula is C9H7F3N2O3. The third-order valence-corrected chi connectivity index (χ3v) is 2.19. The molecule has 0 aromatic carbocycles. The van der Waals surface area contributed by atoms with Crippen molar-refractivity contribution >= 4 is 5.69 Å². The van der Waals surface area contributed by atoms with Gasteiger partial charge in [0.1, 0.15) is 11.8 Å². The first-order valence-electron chi connectivity index (χ1n) is 4.76. The summed E-state index contributed by atoms with van der Waals surface area (Å²) in [5, 5.41) is 10.6. The van der Waals surface area contributed by atoms with Crippen LogP contribution in [0.15, 0.2) is 12.4 Å². The highest BCUT2D eigenvalue weighted by atomic mass is 19.4. The topological polar surface area (TPSA) is 65.3 Å². The van der Waals surface area contributed by atoms with E-state index in [0.717, 1.165) is 6.20 Å². The molecule has 5 nitrogen and oxygen atoms in total. The number of nitrogens with zero attached hydrogens (tertiary/aromatic N) is 2. The van der Waals surface area contributed by atoms with Crippen LogP contribution in [-0.4, -0.2) is 16.0 Å². The van der Waals surface area contributed by atoms with Crippen LogP contribution in [0, 0.1) is 10.1 Å². The van der Waals surface area contributed by atoms with Crippen molar-refractivity contribution in [3.8, 4) is 5.75 Å². The monoisotopic (exact) mass is 248 g/mol. The summed E-state index contributed by atoms with van der Waals surface area (Å²) in [6.45, 7) is 0. The van der Waals surface area contributed by atoms with Crippen LogP contribution in [-0.2, 0) is 6.18 Å². The molecule has 1 aliphatic rings. The summed E-state index contributed by atoms with van der Waals surface area (Å²) in [6.07, 6.45) is -2.58. The second kappa shape index (κ2) is 3.86. The fraction of sp³-hybridized carbons (Fsp3) is 0.444. The first-order valence-corrected chi connectivity index (χ1v) is 4.76. The minimum atomic E-state index is -4.72. The molecule has 1 saturated carbocycles. The molecule has 0 amide bonds. The minimum absolute atomic E-state index is 0.364. The van der Waals surface area contributed by atoms with Crippen LogP contribution in [0.3, 0.4) is 0 Å². The van der Waals surface area contributed by atoms with Gasteiger partial charge in [-0.2, -0.15) is 13.2 Å². The molecule has 92 valence electrons. The predicted molar refractivity (Wildman–Crippen MR) is 49.5 cm³/mol. The van der Waals surface area contributed by atoms with Crippen molar-refractivity contribution in [1.82, 2.24) is 4.98 Å². The van der Waals surface area contributed by atoms with Crippen LogP contribution >= 0.6 is 0 Å². The van der Waals surface area contributed by atoms with E-state index in [1.165, 1.54) is 0 Å². The second-order valence-corrected chi connectivity index (χ2v) is 3.61. The van der Waals surface area contributed by atoms with Gasteiger partial charge in [0, 0.05) is 6.20 Å². The van der Waals surface area contributed by atoms with Gasteiger partial charge in [0.25, 0.3) is 0 Å². The lowest BCUT2D eigenvalue weighted by atomic mass is 10.2. The second-order valence-electron chi connectivity index (χ2n) is 3.61. The Labute approximate surface area is 93.4 Å². The molecule has 1 fully saturated rings. The third-order valence-electron chi connectivity index (χ3n) is 2.19. The van der Waals surface area contributed by atoms with Crippen molar-refractivity contribution in [2.45, 2.75) is 25.1 Å². The van der Waals surface area contributed by atoms with Gasteiger partial charge in [-0.15, -0.1) is 0 Å². The van der Waals surface area contributed by atoms with Crippen molar-refractivity contribution in [1.29, 1.82) is 0 Å². The summed E-state index contributed by atoms with van der Waals surface area (Å²) in [4.78, 5) is 12.9. The molecule has 0 bridgehead atoms. The summed E-state index contributed by atoms with van der Waals surface area (Å²) >= 11 is 0. The molecule has 1 heterocycles. The van der Waals surface area contributed by atoms with Gasteiger partial charge in [0.05, 0.1) is 11.0 Å². The van der Waals surface area contributed by atoms with Gasteiger partial charge in [-0.1, -0.05) is 0 Å². The number of alkyl halides is 3. The van der Waals surface area contributed by atoms with E-state index in [9.17, 15) is 23.3 Å². The highest BCUT2D eigenvalue weighted by molar-refractivity contribution is 5.50. The highest BCUT2D eigenvalue weighted by Gasteiger charge is 2.40. The molecule has 0 aliphatic heterocycles. The summed E-state index contributed by atoms with van der Waals surface area (Å²) < 4.78 is 42.8. The Kier molecular flexibility index (Phi) is 2.64. The molecule has 0 radical (unpaired) electrons. The number of rotatable bonds is 3. The van der Waals surface area contributed by atoms with Crippen LogP contribution in [0.5, 0.6) is 5.75 Å². The SMILES string of the molecule is O=[N+]([O-])c1cncc(C(F)(F)F)c1OC1CC1. The molecule has 17 heavy (non-hydrogen) atoms. The molecule has 8 heteroatoms. The predicted octanol–water partition coefficient (Wildman–Crippen LogP) is 2.55. The molecule has 0 spiro atoms. The first-order chi connectivity index (χ1) is 7.89. The van der Waals surface area contributed by atoms with Crippen LogP contribution in [0.4, 0.5) is 18.9 Å². The molecule has 2 rings (SSSR count). The Morgan fingerprint density at radius 2 is 2.06 bits per heavy atom. The zero-order valence-electron chi connectivity index (χ0n) is 8.40. The number of hydrogen-bond donors (Lipinski definition) is 0. The number of pyridine rings is 1. The first kappa shape index (κ1) is 11.6. The zero-order valence-corrected chi connectivity index (χ0v) is 8.40. The third kappa shape index (κ3) is 2.45. The van der Waals surface area contributed by atoms with Crippen LogP contribution < -0.4 is 4.74 Å². The van der Waals surface area contributed by atoms with E-state index in [-0.39, 0.29) is 6.10 Å². The lowest BCUT2D eigenvalue weighted by Gasteiger charge is -2.12. The molecule has 1 aliphatic carbocycles. The Morgan fingerprint density at radius 3 is 2.53 bits per heavy atom. The molecule has 0 N–H and O–H groups in total. The molecule has 0 unspecified atom stereocenters. The normalized spacial score (nSPS) is 15.7. The number of aromatic nitrogens is 1. The Hall–Kier alpha value is -1.86. The molecule has 0 saturated heterocycles. The van der Waals surface area contributed by atoms with Crippen molar-refractivity contribution in [3.05, 3.63) is 28.1 Å². The Morgan fingerprint density at radius 1 is 1.41 bits per heavy atom. The number of hydrogen-bond acceptors (Lipinski definition) is 4. The van der Waals surface area contributed by atoms with Gasteiger partial charge in [0.2, 0.25) is 5.75 Å². The molecule has 1 aromatic rings. The minimum Gasteiger partial charge on any atom is -0.483 e. The van der Waals surface area contributed by atoms with Gasteiger partial charge in [-0.3, -0.25) is 15.1 Å². The van der Waals surface area contributed by atoms with Gasteiger partial charge >= 0.3 is 11.9 Å². The van der Waals surface area contributed by atoms with Crippen molar-refractivity contribution in [2.24, 2.45) is 0 Å². The van der Waals surface area contributed by atoms with Crippen molar-refractivity contribution in [2.75, 3.05) is 0 Å². The summed E-state index contributed by atoms with van der Waals surface area (Å²) in [7, 11) is 0. The van der Waals surface area contributed by atoms with Crippen LogP contribution in [0.25, 0.3) is 0 Å². The fourth-order valence-electron chi connectivity index (χ4n) is 1.25. The number of halogens is 3. The maximum atomic E-state index is 12.6. The van der Waals surface area contributed by atoms with Gasteiger partial charge in [0.15, 0.2) is 0 Å². The lowest BCUT2D eigenvalue weighted by molar-refractivity contribution is -0.386. The smallest absolute Gasteiger partial charge is 0.421 e. The largest absolute Gasteiger partial charge is 0.483 e. The van der Waals surface area contributed by atoms with Crippen molar-refractivity contribution < 1.29 is 22.8 Å². The van der Waals surface area contributed by atoms with Gasteiger partial charge in [-0.05, 0) is 12.8 Å². The van der Waals surface area contributed by atoms with Gasteiger partial charge < -0.3 is 4.74 Å². The number of ether oxygens (including phenoxy) is 1. The Balaban J connectivity index is 2.49. The molecular weight excluding hydrogens is 241 g/mol. The highest BCUT2D eigenvalue weighted by Crippen LogP contribution is 2.42. The maximum Gasteiger partial charge on any atom is 0.421 e. The number of nitro groups is 1. The molecule has 0 atom stereocenters. The van der Waals surface area contributed by atoms with Gasteiger partial charge in [-0.25, -0.2) is 0 Å². The van der Waals surface area contributed by atoms with E-state index in [0.29, 0.717) is 19.0 Å². The molecule has 1 aromatic heterocycles. The van der Waals surface area contributed by atoms with E-state index >= 15 is 0 Å². The van der Waals surface area contributed by atoms with E-state index < -0.39 is 28.1 Å². The summed E-state index contributed by atoms with van der Waals surface area (Å²) in [6, 6.07) is 0. The summed E-state index contributed by atoms with van der Waals surface area (Å²) in [5.41, 5.74) is -1.97. The average molecular weight is 248 g/mol. The average Bonchev–Trinajstić information content (AvgIpc) is 3.00. The maximum absolute atomic E-state index is 12.6. The quantitative estimate of drug-likeness (QED) is 0.609. The van der Waals surface area contributed by atoms with Crippen LogP contribution in [0.2, 0.25) is 0 Å². The van der Waals surface area contributed by atoms with E-state index in [4.69, 9.17) is 4.74 Å².